The summed E-state index contributed by atoms with van der Waals surface area (Å²) in [6.45, 7) is 1.92. The summed E-state index contributed by atoms with van der Waals surface area (Å²) in [5, 5.41) is 8.08. The van der Waals surface area contributed by atoms with Crippen LogP contribution in [0.4, 0.5) is 0 Å². The van der Waals surface area contributed by atoms with Crippen LogP contribution in [0.1, 0.15) is 5.69 Å². The first kappa shape index (κ1) is 6.61. The summed E-state index contributed by atoms with van der Waals surface area (Å²) < 4.78 is 0. The summed E-state index contributed by atoms with van der Waals surface area (Å²) in [5.74, 6) is 0. The van der Waals surface area contributed by atoms with Gasteiger partial charge in [0.25, 0.3) is 0 Å². The molecule has 0 saturated heterocycles. The number of hydrogen-bond donors (Lipinski definition) is 1. The first-order chi connectivity index (χ1) is 5.27. The number of H-pyrrole nitrogens is 1. The molecule has 0 aliphatic rings. The molecule has 3 nitrogen and oxygen atoms in total. The lowest BCUT2D eigenvalue weighted by Gasteiger charge is -1.89. The zero-order chi connectivity index (χ0) is 7.84. The maximum atomic E-state index is 5.77. The van der Waals surface area contributed by atoms with Crippen molar-refractivity contribution in [1.82, 2.24) is 15.2 Å². The van der Waals surface area contributed by atoms with E-state index in [-0.39, 0.29) is 0 Å². The topological polar surface area (TPSA) is 41.6 Å². The number of aromatic amines is 1. The van der Waals surface area contributed by atoms with Crippen LogP contribution in [0.5, 0.6) is 0 Å². The van der Waals surface area contributed by atoms with Crippen LogP contribution in [0.2, 0.25) is 5.15 Å². The van der Waals surface area contributed by atoms with Gasteiger partial charge in [-0.25, -0.2) is 0 Å². The van der Waals surface area contributed by atoms with Gasteiger partial charge in [0.1, 0.15) is 5.15 Å². The van der Waals surface area contributed by atoms with Crippen molar-refractivity contribution in [2.75, 3.05) is 0 Å². The Balaban J connectivity index is 2.86. The molecule has 2 heterocycles. The van der Waals surface area contributed by atoms with E-state index in [1.54, 1.807) is 6.20 Å². The van der Waals surface area contributed by atoms with Crippen LogP contribution in [-0.2, 0) is 0 Å². The number of nitrogens with one attached hydrogen (secondary N) is 1. The molecule has 2 aromatic heterocycles. The van der Waals surface area contributed by atoms with Crippen LogP contribution in [0, 0.1) is 6.92 Å². The molecule has 1 N–H and O–H groups in total. The van der Waals surface area contributed by atoms with Crippen LogP contribution >= 0.6 is 11.6 Å². The minimum Gasteiger partial charge on any atom is -0.266 e. The van der Waals surface area contributed by atoms with Gasteiger partial charge >= 0.3 is 0 Å². The zero-order valence-corrected chi connectivity index (χ0v) is 6.68. The summed E-state index contributed by atoms with van der Waals surface area (Å²) in [7, 11) is 0. The zero-order valence-electron chi connectivity index (χ0n) is 5.93. The van der Waals surface area contributed by atoms with Gasteiger partial charge in [-0.05, 0) is 13.0 Å². The Labute approximate surface area is 68.4 Å². The highest BCUT2D eigenvalue weighted by Crippen LogP contribution is 2.18. The van der Waals surface area contributed by atoms with Crippen molar-refractivity contribution in [2.45, 2.75) is 6.92 Å². The Morgan fingerprint density at radius 2 is 2.36 bits per heavy atom. The standard InChI is InChI=1S/C7H6ClN3/c1-4-2-6-5(3-9-4)7(8)11-10-6/h2-3H,1H3,(H,10,11). The van der Waals surface area contributed by atoms with Gasteiger partial charge in [0, 0.05) is 11.9 Å². The number of rotatable bonds is 0. The molecule has 0 bridgehead atoms. The van der Waals surface area contributed by atoms with E-state index in [1.807, 2.05) is 13.0 Å². The third-order valence-corrected chi connectivity index (χ3v) is 1.82. The van der Waals surface area contributed by atoms with Crippen molar-refractivity contribution in [2.24, 2.45) is 0 Å². The fourth-order valence-corrected chi connectivity index (χ4v) is 1.16. The highest BCUT2D eigenvalue weighted by atomic mass is 35.5. The lowest BCUT2D eigenvalue weighted by atomic mass is 10.3. The second-order valence-electron chi connectivity index (χ2n) is 2.38. The number of hydrogen-bond acceptors (Lipinski definition) is 2. The molecular weight excluding hydrogens is 162 g/mol. The maximum Gasteiger partial charge on any atom is 0.133 e. The third-order valence-electron chi connectivity index (χ3n) is 1.53. The van der Waals surface area contributed by atoms with Crippen molar-refractivity contribution < 1.29 is 0 Å². The van der Waals surface area contributed by atoms with E-state index in [0.29, 0.717) is 5.15 Å². The van der Waals surface area contributed by atoms with E-state index in [9.17, 15) is 0 Å². The molecule has 0 unspecified atom stereocenters. The Morgan fingerprint density at radius 1 is 1.55 bits per heavy atom. The van der Waals surface area contributed by atoms with Gasteiger partial charge in [0.2, 0.25) is 0 Å². The lowest BCUT2D eigenvalue weighted by molar-refractivity contribution is 1.12. The summed E-state index contributed by atoms with van der Waals surface area (Å²) in [5.41, 5.74) is 1.81. The molecule has 4 heteroatoms. The molecule has 0 aromatic carbocycles. The molecule has 0 aliphatic heterocycles. The fraction of sp³-hybridized carbons (Fsp3) is 0.143. The minimum atomic E-state index is 0.549. The van der Waals surface area contributed by atoms with E-state index < -0.39 is 0 Å². The number of aryl methyl sites for hydroxylation is 1. The predicted molar refractivity (Wildman–Crippen MR) is 43.6 cm³/mol. The second-order valence-corrected chi connectivity index (χ2v) is 2.76. The van der Waals surface area contributed by atoms with Crippen LogP contribution < -0.4 is 0 Å². The first-order valence-electron chi connectivity index (χ1n) is 3.23. The number of pyridine rings is 1. The molecule has 0 saturated carbocycles. The largest absolute Gasteiger partial charge is 0.266 e. The summed E-state index contributed by atoms with van der Waals surface area (Å²) in [6.07, 6.45) is 1.72. The molecule has 56 valence electrons. The fourth-order valence-electron chi connectivity index (χ4n) is 0.977. The lowest BCUT2D eigenvalue weighted by Crippen LogP contribution is -1.78. The number of aromatic nitrogens is 3. The number of halogens is 1. The molecule has 2 rings (SSSR count). The van der Waals surface area contributed by atoms with E-state index >= 15 is 0 Å². The van der Waals surface area contributed by atoms with E-state index in [4.69, 9.17) is 11.6 Å². The van der Waals surface area contributed by atoms with Crippen molar-refractivity contribution in [3.63, 3.8) is 0 Å². The summed E-state index contributed by atoms with van der Waals surface area (Å²) in [6, 6.07) is 1.89. The molecule has 0 radical (unpaired) electrons. The van der Waals surface area contributed by atoms with Gasteiger partial charge < -0.3 is 0 Å². The van der Waals surface area contributed by atoms with Crippen molar-refractivity contribution in [3.8, 4) is 0 Å². The molecule has 0 aliphatic carbocycles. The monoisotopic (exact) mass is 167 g/mol. The molecule has 0 spiro atoms. The van der Waals surface area contributed by atoms with Crippen LogP contribution in [-0.4, -0.2) is 15.2 Å². The van der Waals surface area contributed by atoms with Crippen molar-refractivity contribution in [3.05, 3.63) is 23.1 Å². The Kier molecular flexibility index (Phi) is 1.32. The average Bonchev–Trinajstić information content (AvgIpc) is 2.32. The molecular formula is C7H6ClN3. The van der Waals surface area contributed by atoms with Gasteiger partial charge in [-0.15, -0.1) is 0 Å². The van der Waals surface area contributed by atoms with Crippen LogP contribution in [0.15, 0.2) is 12.3 Å². The summed E-state index contributed by atoms with van der Waals surface area (Å²) in [4.78, 5) is 4.10. The van der Waals surface area contributed by atoms with Crippen LogP contribution in [0.25, 0.3) is 10.9 Å². The van der Waals surface area contributed by atoms with Crippen LogP contribution in [0.3, 0.4) is 0 Å². The predicted octanol–water partition coefficient (Wildman–Crippen LogP) is 1.92. The Morgan fingerprint density at radius 3 is 3.18 bits per heavy atom. The van der Waals surface area contributed by atoms with Gasteiger partial charge in [-0.2, -0.15) is 5.10 Å². The highest BCUT2D eigenvalue weighted by molar-refractivity contribution is 6.34. The maximum absolute atomic E-state index is 5.77. The van der Waals surface area contributed by atoms with Gasteiger partial charge in [0.15, 0.2) is 0 Å². The van der Waals surface area contributed by atoms with E-state index in [1.165, 1.54) is 0 Å². The molecule has 2 aromatic rings. The first-order valence-corrected chi connectivity index (χ1v) is 3.61. The molecule has 0 atom stereocenters. The number of fused-ring (bicyclic) bond motifs is 1. The van der Waals surface area contributed by atoms with Gasteiger partial charge in [-0.3, -0.25) is 10.1 Å². The van der Waals surface area contributed by atoms with E-state index in [2.05, 4.69) is 15.2 Å². The van der Waals surface area contributed by atoms with Gasteiger partial charge in [-0.1, -0.05) is 11.6 Å². The molecule has 0 amide bonds. The Bertz CT molecular complexity index is 393. The van der Waals surface area contributed by atoms with Crippen molar-refractivity contribution in [1.29, 1.82) is 0 Å². The quantitative estimate of drug-likeness (QED) is 0.652. The summed E-state index contributed by atoms with van der Waals surface area (Å²) >= 11 is 5.77. The number of nitrogens with zero attached hydrogens (tertiary/aromatic N) is 2. The molecule has 0 fully saturated rings. The van der Waals surface area contributed by atoms with Crippen molar-refractivity contribution >= 4 is 22.5 Å². The highest BCUT2D eigenvalue weighted by Gasteiger charge is 2.01. The van der Waals surface area contributed by atoms with Gasteiger partial charge in [0.05, 0.1) is 10.9 Å². The average molecular weight is 168 g/mol. The third kappa shape index (κ3) is 0.973. The molecule has 11 heavy (non-hydrogen) atoms. The smallest absolute Gasteiger partial charge is 0.133 e. The Hall–Kier alpha value is -1.09. The van der Waals surface area contributed by atoms with E-state index in [0.717, 1.165) is 16.6 Å². The normalized spacial score (nSPS) is 10.7. The SMILES string of the molecule is Cc1cc2n[nH]c(Cl)c2cn1. The minimum absolute atomic E-state index is 0.549. The second kappa shape index (κ2) is 2.20.